The summed E-state index contributed by atoms with van der Waals surface area (Å²) in [6.45, 7) is 0.768. The van der Waals surface area contributed by atoms with E-state index in [4.69, 9.17) is 14.2 Å². The highest BCUT2D eigenvalue weighted by molar-refractivity contribution is 7.89. The Balaban J connectivity index is 1.38. The number of nitrogens with one attached hydrogen (secondary N) is 2. The van der Waals surface area contributed by atoms with Crippen molar-refractivity contribution >= 4 is 21.5 Å². The molecule has 36 heavy (non-hydrogen) atoms. The van der Waals surface area contributed by atoms with Gasteiger partial charge in [-0.25, -0.2) is 13.1 Å². The van der Waals surface area contributed by atoms with Crippen LogP contribution in [-0.2, 0) is 22.9 Å². The van der Waals surface area contributed by atoms with Crippen LogP contribution in [0.25, 0.3) is 5.65 Å². The molecule has 0 amide bonds. The maximum absolute atomic E-state index is 12.7. The largest absolute Gasteiger partial charge is 0.495 e. The van der Waals surface area contributed by atoms with E-state index in [1.54, 1.807) is 43.0 Å². The molecule has 0 unspecified atom stereocenters. The van der Waals surface area contributed by atoms with E-state index < -0.39 is 10.0 Å². The van der Waals surface area contributed by atoms with Gasteiger partial charge in [0.1, 0.15) is 16.5 Å². The first-order valence-electron chi connectivity index (χ1n) is 11.2. The van der Waals surface area contributed by atoms with Crippen LogP contribution >= 0.6 is 0 Å². The van der Waals surface area contributed by atoms with Crippen molar-refractivity contribution in [2.45, 2.75) is 17.7 Å². The van der Waals surface area contributed by atoms with Gasteiger partial charge in [-0.15, -0.1) is 15.3 Å². The highest BCUT2D eigenvalue weighted by atomic mass is 32.2. The van der Waals surface area contributed by atoms with Gasteiger partial charge >= 0.3 is 0 Å². The molecule has 4 aromatic rings. The molecule has 12 heteroatoms. The predicted octanol–water partition coefficient (Wildman–Crippen LogP) is 2.33. The Morgan fingerprint density at radius 3 is 2.39 bits per heavy atom. The standard InChI is InChI=1S/C24H28N6O5S/c1-33-18-9-8-17(16-20(18)35-3)12-14-25-22-10-11-23-27-28-24(30(23)29-22)13-15-26-36(31,32)21-7-5-4-6-19(21)34-2/h4-11,16,26H,12-15H2,1-3H3,(H,25,29). The second-order valence-corrected chi connectivity index (χ2v) is 9.50. The summed E-state index contributed by atoms with van der Waals surface area (Å²) in [6, 6.07) is 15.9. The van der Waals surface area contributed by atoms with Gasteiger partial charge in [-0.05, 0) is 48.4 Å². The highest BCUT2D eigenvalue weighted by Crippen LogP contribution is 2.27. The number of rotatable bonds is 12. The van der Waals surface area contributed by atoms with E-state index >= 15 is 0 Å². The monoisotopic (exact) mass is 512 g/mol. The number of benzene rings is 2. The molecule has 2 N–H and O–H groups in total. The van der Waals surface area contributed by atoms with Gasteiger partial charge in [0.25, 0.3) is 0 Å². The first kappa shape index (κ1) is 25.2. The second kappa shape index (κ2) is 11.2. The molecule has 0 atom stereocenters. The molecule has 0 aliphatic rings. The summed E-state index contributed by atoms with van der Waals surface area (Å²) in [7, 11) is 0.902. The number of para-hydroxylation sites is 1. The molecule has 0 aliphatic carbocycles. The van der Waals surface area contributed by atoms with E-state index in [1.807, 2.05) is 24.3 Å². The maximum Gasteiger partial charge on any atom is 0.244 e. The number of aromatic nitrogens is 4. The fourth-order valence-electron chi connectivity index (χ4n) is 3.67. The number of hydrogen-bond donors (Lipinski definition) is 2. The van der Waals surface area contributed by atoms with Crippen molar-refractivity contribution in [2.24, 2.45) is 0 Å². The molecule has 0 saturated carbocycles. The Kier molecular flexibility index (Phi) is 7.86. The summed E-state index contributed by atoms with van der Waals surface area (Å²) >= 11 is 0. The molecule has 190 valence electrons. The number of nitrogens with zero attached hydrogens (tertiary/aromatic N) is 4. The van der Waals surface area contributed by atoms with E-state index in [2.05, 4.69) is 25.3 Å². The Bertz CT molecular complexity index is 1440. The highest BCUT2D eigenvalue weighted by Gasteiger charge is 2.19. The second-order valence-electron chi connectivity index (χ2n) is 7.77. The first-order chi connectivity index (χ1) is 17.4. The van der Waals surface area contributed by atoms with Crippen LogP contribution in [0.5, 0.6) is 17.2 Å². The van der Waals surface area contributed by atoms with Gasteiger partial charge in [-0.1, -0.05) is 18.2 Å². The molecule has 4 rings (SSSR count). The molecule has 0 fully saturated rings. The molecule has 0 aliphatic heterocycles. The van der Waals surface area contributed by atoms with Crippen molar-refractivity contribution in [3.8, 4) is 17.2 Å². The van der Waals surface area contributed by atoms with Crippen LogP contribution in [0.3, 0.4) is 0 Å². The molecule has 0 saturated heterocycles. The van der Waals surface area contributed by atoms with Gasteiger partial charge in [-0.2, -0.15) is 4.52 Å². The molecule has 11 nitrogen and oxygen atoms in total. The minimum absolute atomic E-state index is 0.0812. The Hall–Kier alpha value is -3.90. The number of ether oxygens (including phenoxy) is 3. The minimum Gasteiger partial charge on any atom is -0.495 e. The minimum atomic E-state index is -3.75. The van der Waals surface area contributed by atoms with E-state index in [0.717, 1.165) is 12.0 Å². The predicted molar refractivity (Wildman–Crippen MR) is 134 cm³/mol. The number of anilines is 1. The Morgan fingerprint density at radius 1 is 0.833 bits per heavy atom. The number of sulfonamides is 1. The summed E-state index contributed by atoms with van der Waals surface area (Å²) in [4.78, 5) is 0.0812. The molecule has 0 radical (unpaired) electrons. The summed E-state index contributed by atoms with van der Waals surface area (Å²) in [5.41, 5.74) is 1.66. The number of hydrogen-bond acceptors (Lipinski definition) is 9. The first-order valence-corrected chi connectivity index (χ1v) is 12.7. The van der Waals surface area contributed by atoms with Crippen molar-refractivity contribution in [3.05, 3.63) is 66.0 Å². The Morgan fingerprint density at radius 2 is 1.61 bits per heavy atom. The molecular weight excluding hydrogens is 484 g/mol. The van der Waals surface area contributed by atoms with Crippen molar-refractivity contribution in [3.63, 3.8) is 0 Å². The van der Waals surface area contributed by atoms with Crippen molar-refractivity contribution in [1.82, 2.24) is 24.5 Å². The van der Waals surface area contributed by atoms with Crippen LogP contribution in [-0.4, -0.2) is 62.6 Å². The zero-order valence-corrected chi connectivity index (χ0v) is 21.1. The van der Waals surface area contributed by atoms with Crippen LogP contribution in [0, 0.1) is 0 Å². The quantitative estimate of drug-likeness (QED) is 0.294. The van der Waals surface area contributed by atoms with Gasteiger partial charge in [-0.3, -0.25) is 0 Å². The fourth-order valence-corrected chi connectivity index (χ4v) is 4.87. The lowest BCUT2D eigenvalue weighted by atomic mass is 10.1. The summed E-state index contributed by atoms with van der Waals surface area (Å²) < 4.78 is 45.4. The van der Waals surface area contributed by atoms with Crippen LogP contribution < -0.4 is 24.2 Å². The van der Waals surface area contributed by atoms with E-state index in [1.165, 1.54) is 13.2 Å². The molecule has 2 heterocycles. The third-order valence-corrected chi connectivity index (χ3v) is 6.99. The van der Waals surface area contributed by atoms with Crippen LogP contribution in [0.4, 0.5) is 5.82 Å². The summed E-state index contributed by atoms with van der Waals surface area (Å²) in [5.74, 6) is 2.84. The molecule has 2 aromatic carbocycles. The van der Waals surface area contributed by atoms with Gasteiger partial charge in [0, 0.05) is 19.5 Å². The zero-order chi connectivity index (χ0) is 25.5. The van der Waals surface area contributed by atoms with E-state index in [0.29, 0.717) is 41.8 Å². The molecule has 0 spiro atoms. The lowest BCUT2D eigenvalue weighted by molar-refractivity contribution is 0.354. The lowest BCUT2D eigenvalue weighted by Crippen LogP contribution is -2.27. The molecule has 2 aromatic heterocycles. The van der Waals surface area contributed by atoms with Crippen molar-refractivity contribution < 1.29 is 22.6 Å². The molecular formula is C24H28N6O5S. The smallest absolute Gasteiger partial charge is 0.244 e. The van der Waals surface area contributed by atoms with E-state index in [9.17, 15) is 8.42 Å². The molecule has 0 bridgehead atoms. The normalized spacial score (nSPS) is 11.4. The third kappa shape index (κ3) is 5.66. The fraction of sp³-hybridized carbons (Fsp3) is 0.292. The van der Waals surface area contributed by atoms with Crippen LogP contribution in [0.2, 0.25) is 0 Å². The number of fused-ring (bicyclic) bond motifs is 1. The third-order valence-electron chi connectivity index (χ3n) is 5.49. The van der Waals surface area contributed by atoms with Crippen molar-refractivity contribution in [2.75, 3.05) is 39.7 Å². The number of methoxy groups -OCH3 is 3. The zero-order valence-electron chi connectivity index (χ0n) is 20.3. The lowest BCUT2D eigenvalue weighted by Gasteiger charge is -2.11. The SMILES string of the molecule is COc1ccc(CCNc2ccc3nnc(CCNS(=O)(=O)c4ccccc4OC)n3n2)cc1OC. The van der Waals surface area contributed by atoms with Crippen LogP contribution in [0.1, 0.15) is 11.4 Å². The van der Waals surface area contributed by atoms with Crippen molar-refractivity contribution in [1.29, 1.82) is 0 Å². The topological polar surface area (TPSA) is 129 Å². The summed E-state index contributed by atoms with van der Waals surface area (Å²) in [5, 5.41) is 16.2. The van der Waals surface area contributed by atoms with Gasteiger partial charge in [0.05, 0.1) is 21.3 Å². The van der Waals surface area contributed by atoms with Gasteiger partial charge in [0.15, 0.2) is 23.0 Å². The summed E-state index contributed by atoms with van der Waals surface area (Å²) in [6.07, 6.45) is 1.05. The van der Waals surface area contributed by atoms with Gasteiger partial charge < -0.3 is 19.5 Å². The average Bonchev–Trinajstić information content (AvgIpc) is 3.30. The van der Waals surface area contributed by atoms with E-state index in [-0.39, 0.29) is 17.2 Å². The van der Waals surface area contributed by atoms with Crippen LogP contribution in [0.15, 0.2) is 59.5 Å². The Labute approximate surface area is 209 Å². The average molecular weight is 513 g/mol. The maximum atomic E-state index is 12.7. The van der Waals surface area contributed by atoms with Gasteiger partial charge in [0.2, 0.25) is 10.0 Å².